The fourth-order valence-corrected chi connectivity index (χ4v) is 6.05. The molecule has 2 aliphatic rings. The van der Waals surface area contributed by atoms with Crippen molar-refractivity contribution in [2.75, 3.05) is 0 Å². The van der Waals surface area contributed by atoms with Gasteiger partial charge < -0.3 is 15.0 Å². The lowest BCUT2D eigenvalue weighted by molar-refractivity contribution is -0.158. The Morgan fingerprint density at radius 2 is 1.82 bits per heavy atom. The number of carbonyl (C=O) groups excluding carboxylic acids is 1. The highest BCUT2D eigenvalue weighted by atomic mass is 19.1. The van der Waals surface area contributed by atoms with Crippen LogP contribution in [0.4, 0.5) is 4.39 Å². The minimum Gasteiger partial charge on any atom is -0.480 e. The van der Waals surface area contributed by atoms with Crippen LogP contribution < -0.4 is 0 Å². The quantitative estimate of drug-likeness (QED) is 0.544. The Kier molecular flexibility index (Phi) is 5.92. The first-order chi connectivity index (χ1) is 16.0. The summed E-state index contributed by atoms with van der Waals surface area (Å²) < 4.78 is 14.8. The maximum Gasteiger partial charge on any atom is 0.326 e. The molecule has 1 saturated carbocycles. The summed E-state index contributed by atoms with van der Waals surface area (Å²) in [5.74, 6) is -1.41. The lowest BCUT2D eigenvalue weighted by atomic mass is 9.75. The topological polar surface area (TPSA) is 73.4 Å². The number of aromatic nitrogens is 1. The van der Waals surface area contributed by atoms with Crippen molar-refractivity contribution >= 4 is 22.8 Å². The van der Waals surface area contributed by atoms with Crippen molar-refractivity contribution < 1.29 is 19.1 Å². The Balaban J connectivity index is 1.53. The molecule has 33 heavy (non-hydrogen) atoms. The Hall–Kier alpha value is -3.15. The molecular formula is C27H29FN2O3. The molecule has 1 amide bonds. The van der Waals surface area contributed by atoms with Crippen LogP contribution in [-0.4, -0.2) is 39.0 Å². The first-order valence-corrected chi connectivity index (χ1v) is 11.9. The van der Waals surface area contributed by atoms with Gasteiger partial charge in [-0.3, -0.25) is 4.79 Å². The van der Waals surface area contributed by atoms with Crippen LogP contribution in [0.15, 0.2) is 54.7 Å². The maximum atomic E-state index is 14.8. The Bertz CT molecular complexity index is 1160. The van der Waals surface area contributed by atoms with E-state index in [-0.39, 0.29) is 30.1 Å². The molecule has 6 heteroatoms. The number of halogens is 1. The van der Waals surface area contributed by atoms with E-state index in [0.717, 1.165) is 43.2 Å². The first kappa shape index (κ1) is 21.7. The smallest absolute Gasteiger partial charge is 0.326 e. The zero-order valence-electron chi connectivity index (χ0n) is 18.5. The number of hydrogen-bond donors (Lipinski definition) is 2. The van der Waals surface area contributed by atoms with Crippen molar-refractivity contribution in [3.05, 3.63) is 71.7 Å². The van der Waals surface area contributed by atoms with Gasteiger partial charge in [0.2, 0.25) is 5.91 Å². The Morgan fingerprint density at radius 1 is 1.03 bits per heavy atom. The maximum absolute atomic E-state index is 14.8. The van der Waals surface area contributed by atoms with E-state index in [2.05, 4.69) is 4.98 Å². The number of piperidine rings is 1. The summed E-state index contributed by atoms with van der Waals surface area (Å²) in [6, 6.07) is 13.8. The Labute approximate surface area is 192 Å². The summed E-state index contributed by atoms with van der Waals surface area (Å²) in [7, 11) is 0. The van der Waals surface area contributed by atoms with E-state index in [1.807, 2.05) is 36.4 Å². The average Bonchev–Trinajstić information content (AvgIpc) is 3.27. The van der Waals surface area contributed by atoms with Gasteiger partial charge in [-0.1, -0.05) is 49.2 Å². The van der Waals surface area contributed by atoms with Crippen molar-refractivity contribution in [3.63, 3.8) is 0 Å². The number of nitrogens with zero attached hydrogens (tertiary/aromatic N) is 1. The highest BCUT2D eigenvalue weighted by Gasteiger charge is 2.44. The van der Waals surface area contributed by atoms with Gasteiger partial charge in [-0.25, -0.2) is 9.18 Å². The number of aromatic amines is 1. The predicted molar refractivity (Wildman–Crippen MR) is 124 cm³/mol. The molecule has 0 radical (unpaired) electrons. The van der Waals surface area contributed by atoms with E-state index >= 15 is 0 Å². The van der Waals surface area contributed by atoms with Crippen LogP contribution in [-0.2, 0) is 9.59 Å². The van der Waals surface area contributed by atoms with Gasteiger partial charge in [0.05, 0.1) is 0 Å². The monoisotopic (exact) mass is 448 g/mol. The number of carbonyl (C=O) groups is 2. The van der Waals surface area contributed by atoms with Gasteiger partial charge in [-0.05, 0) is 54.9 Å². The third-order valence-electron chi connectivity index (χ3n) is 7.59. The lowest BCUT2D eigenvalue weighted by Crippen LogP contribution is -2.57. The van der Waals surface area contributed by atoms with Crippen molar-refractivity contribution in [1.29, 1.82) is 0 Å². The standard InChI is InChI=1S/C27H29FN2O3/c28-21-10-6-11-22-26(21)20(16-29-22)19(17-7-2-1-3-8-17)15-25(31)30-23-12-5-4-9-18(23)13-14-24(30)27(32)33/h1-3,6-8,10-11,16,18-19,23-24,29H,4-5,9,12-15H2,(H,32,33). The molecule has 5 rings (SSSR count). The number of fused-ring (bicyclic) bond motifs is 2. The van der Waals surface area contributed by atoms with E-state index in [4.69, 9.17) is 0 Å². The first-order valence-electron chi connectivity index (χ1n) is 11.9. The minimum absolute atomic E-state index is 0.0165. The third kappa shape index (κ3) is 4.03. The number of aliphatic carboxylic acids is 1. The van der Waals surface area contributed by atoms with Gasteiger partial charge in [0, 0.05) is 35.5 Å². The Morgan fingerprint density at radius 3 is 2.61 bits per heavy atom. The molecule has 1 aliphatic carbocycles. The molecule has 2 fully saturated rings. The number of carboxylic acids is 1. The second-order valence-electron chi connectivity index (χ2n) is 9.42. The number of benzene rings is 2. The van der Waals surface area contributed by atoms with Gasteiger partial charge in [0.1, 0.15) is 11.9 Å². The molecule has 172 valence electrons. The fourth-order valence-electron chi connectivity index (χ4n) is 6.05. The highest BCUT2D eigenvalue weighted by Crippen LogP contribution is 2.40. The van der Waals surface area contributed by atoms with Crippen molar-refractivity contribution in [3.8, 4) is 0 Å². The van der Waals surface area contributed by atoms with Crippen LogP contribution >= 0.6 is 0 Å². The summed E-state index contributed by atoms with van der Waals surface area (Å²) in [4.78, 5) is 30.7. The highest BCUT2D eigenvalue weighted by molar-refractivity contribution is 5.88. The van der Waals surface area contributed by atoms with Crippen molar-refractivity contribution in [2.45, 2.75) is 62.9 Å². The zero-order chi connectivity index (χ0) is 22.9. The zero-order valence-corrected chi connectivity index (χ0v) is 18.5. The van der Waals surface area contributed by atoms with Crippen LogP contribution in [0.25, 0.3) is 10.9 Å². The summed E-state index contributed by atoms with van der Waals surface area (Å²) in [6.45, 7) is 0. The third-order valence-corrected chi connectivity index (χ3v) is 7.59. The number of rotatable bonds is 5. The molecular weight excluding hydrogens is 419 g/mol. The van der Waals surface area contributed by atoms with E-state index in [9.17, 15) is 19.1 Å². The van der Waals surface area contributed by atoms with Gasteiger partial charge in [0.25, 0.3) is 0 Å². The number of hydrogen-bond acceptors (Lipinski definition) is 2. The minimum atomic E-state index is -0.929. The number of nitrogens with one attached hydrogen (secondary N) is 1. The van der Waals surface area contributed by atoms with E-state index in [0.29, 0.717) is 23.2 Å². The van der Waals surface area contributed by atoms with Crippen LogP contribution in [0, 0.1) is 11.7 Å². The summed E-state index contributed by atoms with van der Waals surface area (Å²) in [5, 5.41) is 10.4. The molecule has 5 nitrogen and oxygen atoms in total. The van der Waals surface area contributed by atoms with E-state index in [1.54, 1.807) is 17.2 Å². The largest absolute Gasteiger partial charge is 0.480 e. The normalized spacial score (nSPS) is 23.8. The van der Waals surface area contributed by atoms with Crippen molar-refractivity contribution in [2.24, 2.45) is 5.92 Å². The SMILES string of the molecule is O=C(O)C1CCC2CCCCC2N1C(=O)CC(c1ccccc1)c1c[nH]c2cccc(F)c12. The van der Waals surface area contributed by atoms with Gasteiger partial charge in [0.15, 0.2) is 0 Å². The summed E-state index contributed by atoms with van der Waals surface area (Å²) >= 11 is 0. The number of likely N-dealkylation sites (tertiary alicyclic amines) is 1. The van der Waals surface area contributed by atoms with Crippen LogP contribution in [0.3, 0.4) is 0 Å². The van der Waals surface area contributed by atoms with E-state index in [1.165, 1.54) is 6.07 Å². The molecule has 4 atom stereocenters. The van der Waals surface area contributed by atoms with Gasteiger partial charge in [-0.2, -0.15) is 0 Å². The summed E-state index contributed by atoms with van der Waals surface area (Å²) in [5.41, 5.74) is 2.33. The molecule has 2 N–H and O–H groups in total. The lowest BCUT2D eigenvalue weighted by Gasteiger charge is -2.47. The second kappa shape index (κ2) is 9.00. The molecule has 0 spiro atoms. The predicted octanol–water partition coefficient (Wildman–Crippen LogP) is 5.46. The van der Waals surface area contributed by atoms with Crippen LogP contribution in [0.5, 0.6) is 0 Å². The molecule has 1 aromatic heterocycles. The molecule has 2 heterocycles. The molecule has 4 unspecified atom stereocenters. The fraction of sp³-hybridized carbons (Fsp3) is 0.407. The van der Waals surface area contributed by atoms with Crippen molar-refractivity contribution in [1.82, 2.24) is 9.88 Å². The molecule has 1 aliphatic heterocycles. The van der Waals surface area contributed by atoms with E-state index < -0.39 is 12.0 Å². The number of carboxylic acid groups (broad SMARTS) is 1. The number of amides is 1. The average molecular weight is 449 g/mol. The number of H-pyrrole nitrogens is 1. The van der Waals surface area contributed by atoms with Crippen LogP contribution in [0.1, 0.15) is 62.0 Å². The molecule has 2 aromatic carbocycles. The van der Waals surface area contributed by atoms with Gasteiger partial charge in [-0.15, -0.1) is 0 Å². The molecule has 0 bridgehead atoms. The molecule has 1 saturated heterocycles. The van der Waals surface area contributed by atoms with Crippen LogP contribution in [0.2, 0.25) is 0 Å². The van der Waals surface area contributed by atoms with Gasteiger partial charge >= 0.3 is 5.97 Å². The summed E-state index contributed by atoms with van der Waals surface area (Å²) in [6.07, 6.45) is 7.33. The second-order valence-corrected chi connectivity index (χ2v) is 9.42. The molecule has 3 aromatic rings.